The molecule has 2 heterocycles. The van der Waals surface area contributed by atoms with Gasteiger partial charge in [0.1, 0.15) is 23.1 Å². The van der Waals surface area contributed by atoms with E-state index in [9.17, 15) is 5.26 Å². The van der Waals surface area contributed by atoms with Crippen molar-refractivity contribution < 1.29 is 0 Å². The van der Waals surface area contributed by atoms with Crippen LogP contribution in [-0.2, 0) is 0 Å². The van der Waals surface area contributed by atoms with Crippen LogP contribution in [0.1, 0.15) is 11.1 Å². The molecule has 5 heteroatoms. The molecule has 0 bridgehead atoms. The lowest BCUT2D eigenvalue weighted by molar-refractivity contribution is 1.10. The first-order valence-electron chi connectivity index (χ1n) is 8.21. The highest BCUT2D eigenvalue weighted by atomic mass is 15.2. The van der Waals surface area contributed by atoms with E-state index >= 15 is 0 Å². The fraction of sp³-hybridized carbons (Fsp3) is 0.0476. The van der Waals surface area contributed by atoms with Gasteiger partial charge in [-0.15, -0.1) is 10.2 Å². The summed E-state index contributed by atoms with van der Waals surface area (Å²) >= 11 is 0. The van der Waals surface area contributed by atoms with Gasteiger partial charge in [0, 0.05) is 11.8 Å². The molecule has 2 aromatic carbocycles. The number of nitriles is 1. The van der Waals surface area contributed by atoms with E-state index < -0.39 is 0 Å². The summed E-state index contributed by atoms with van der Waals surface area (Å²) in [5.41, 5.74) is 4.74. The van der Waals surface area contributed by atoms with Crippen molar-refractivity contribution in [1.82, 2.24) is 9.38 Å². The number of hydrogen-bond acceptors (Lipinski definition) is 4. The Morgan fingerprint density at radius 3 is 2.50 bits per heavy atom. The highest BCUT2D eigenvalue weighted by molar-refractivity contribution is 5.74. The molecule has 0 spiro atoms. The van der Waals surface area contributed by atoms with Crippen LogP contribution in [0.3, 0.4) is 0 Å². The van der Waals surface area contributed by atoms with Crippen molar-refractivity contribution in [3.8, 4) is 17.3 Å². The summed E-state index contributed by atoms with van der Waals surface area (Å²) < 4.78 is 1.90. The van der Waals surface area contributed by atoms with Crippen LogP contribution in [0.25, 0.3) is 16.9 Å². The van der Waals surface area contributed by atoms with Crippen molar-refractivity contribution in [1.29, 1.82) is 5.26 Å². The molecule has 0 aliphatic heterocycles. The molecule has 0 aliphatic carbocycles. The van der Waals surface area contributed by atoms with Crippen LogP contribution in [-0.4, -0.2) is 9.38 Å². The average molecular weight is 337 g/mol. The average Bonchev–Trinajstić information content (AvgIpc) is 3.05. The monoisotopic (exact) mass is 337 g/mol. The third-order valence-electron chi connectivity index (χ3n) is 4.11. The second-order valence-electron chi connectivity index (χ2n) is 5.91. The maximum absolute atomic E-state index is 9.24. The Kier molecular flexibility index (Phi) is 4.00. The number of aromatic nitrogens is 2. The molecule has 2 aromatic heterocycles. The first-order valence-corrected chi connectivity index (χ1v) is 8.21. The van der Waals surface area contributed by atoms with Gasteiger partial charge in [-0.3, -0.25) is 4.40 Å². The van der Waals surface area contributed by atoms with E-state index in [0.717, 1.165) is 16.9 Å². The first-order chi connectivity index (χ1) is 12.8. The zero-order valence-electron chi connectivity index (χ0n) is 14.2. The molecule has 26 heavy (non-hydrogen) atoms. The van der Waals surface area contributed by atoms with E-state index in [1.807, 2.05) is 72.1 Å². The van der Waals surface area contributed by atoms with E-state index in [1.165, 1.54) is 5.56 Å². The van der Waals surface area contributed by atoms with Gasteiger partial charge in [-0.1, -0.05) is 48.0 Å². The van der Waals surface area contributed by atoms with E-state index in [1.54, 1.807) is 12.1 Å². The summed E-state index contributed by atoms with van der Waals surface area (Å²) in [7, 11) is 0. The van der Waals surface area contributed by atoms with Crippen molar-refractivity contribution in [3.63, 3.8) is 0 Å². The van der Waals surface area contributed by atoms with Gasteiger partial charge in [0.05, 0.1) is 5.56 Å². The fourth-order valence-electron chi connectivity index (χ4n) is 2.74. The first kappa shape index (κ1) is 15.7. The van der Waals surface area contributed by atoms with Gasteiger partial charge in [0.15, 0.2) is 5.82 Å². The van der Waals surface area contributed by atoms with Gasteiger partial charge in [-0.05, 0) is 31.2 Å². The number of nitrogens with zero attached hydrogens (tertiary/aromatic N) is 5. The van der Waals surface area contributed by atoms with Crippen LogP contribution in [0.5, 0.6) is 0 Å². The number of aryl methyl sites for hydroxylation is 1. The minimum Gasteiger partial charge on any atom is -0.283 e. The molecular formula is C21H15N5. The molecule has 0 radical (unpaired) electrons. The van der Waals surface area contributed by atoms with Crippen LogP contribution in [0.2, 0.25) is 0 Å². The lowest BCUT2D eigenvalue weighted by atomic mass is 10.1. The SMILES string of the molecule is Cc1ccc(-c2nc3ccccn3c2N=Nc2ccccc2C#N)cc1. The lowest BCUT2D eigenvalue weighted by Gasteiger charge is -2.01. The maximum Gasteiger partial charge on any atom is 0.187 e. The Morgan fingerprint density at radius 1 is 0.923 bits per heavy atom. The topological polar surface area (TPSA) is 65.8 Å². The summed E-state index contributed by atoms with van der Waals surface area (Å²) in [5, 5.41) is 18.0. The number of pyridine rings is 1. The number of benzene rings is 2. The minimum absolute atomic E-state index is 0.488. The summed E-state index contributed by atoms with van der Waals surface area (Å²) in [6.07, 6.45) is 1.91. The lowest BCUT2D eigenvalue weighted by Crippen LogP contribution is -1.82. The molecule has 0 fully saturated rings. The summed E-state index contributed by atoms with van der Waals surface area (Å²) in [6, 6.07) is 23.2. The number of imidazole rings is 1. The summed E-state index contributed by atoms with van der Waals surface area (Å²) in [5.74, 6) is 0.636. The van der Waals surface area contributed by atoms with Crippen molar-refractivity contribution in [3.05, 3.63) is 84.1 Å². The summed E-state index contributed by atoms with van der Waals surface area (Å²) in [6.45, 7) is 2.05. The van der Waals surface area contributed by atoms with Gasteiger partial charge < -0.3 is 0 Å². The Balaban J connectivity index is 1.88. The Labute approximate surface area is 150 Å². The zero-order chi connectivity index (χ0) is 17.9. The molecule has 0 saturated carbocycles. The van der Waals surface area contributed by atoms with E-state index in [-0.39, 0.29) is 0 Å². The Morgan fingerprint density at radius 2 is 1.69 bits per heavy atom. The van der Waals surface area contributed by atoms with Gasteiger partial charge in [-0.2, -0.15) is 5.26 Å². The number of hydrogen-bond donors (Lipinski definition) is 0. The van der Waals surface area contributed by atoms with Crippen molar-refractivity contribution in [2.75, 3.05) is 0 Å². The maximum atomic E-state index is 9.24. The molecule has 0 aliphatic rings. The Bertz CT molecular complexity index is 1150. The highest BCUT2D eigenvalue weighted by Crippen LogP contribution is 2.32. The molecule has 0 unspecified atom stereocenters. The largest absolute Gasteiger partial charge is 0.283 e. The molecule has 4 rings (SSSR count). The number of fused-ring (bicyclic) bond motifs is 1. The third-order valence-corrected chi connectivity index (χ3v) is 4.11. The van der Waals surface area contributed by atoms with Crippen LogP contribution in [0, 0.1) is 18.3 Å². The standard InChI is InChI=1S/C21H15N5/c1-15-9-11-16(12-10-15)20-21(26-13-5-4-8-19(26)23-20)25-24-18-7-3-2-6-17(18)14-22/h2-13H,1H3. The van der Waals surface area contributed by atoms with Gasteiger partial charge in [0.25, 0.3) is 0 Å². The molecule has 0 N–H and O–H groups in total. The highest BCUT2D eigenvalue weighted by Gasteiger charge is 2.13. The molecular weight excluding hydrogens is 322 g/mol. The van der Waals surface area contributed by atoms with Gasteiger partial charge >= 0.3 is 0 Å². The molecule has 5 nitrogen and oxygen atoms in total. The third kappa shape index (κ3) is 2.85. The zero-order valence-corrected chi connectivity index (χ0v) is 14.2. The van der Waals surface area contributed by atoms with Crippen LogP contribution in [0.4, 0.5) is 11.5 Å². The predicted octanol–water partition coefficient (Wildman–Crippen LogP) is 5.60. The van der Waals surface area contributed by atoms with Crippen LogP contribution < -0.4 is 0 Å². The van der Waals surface area contributed by atoms with Crippen molar-refractivity contribution in [2.24, 2.45) is 10.2 Å². The van der Waals surface area contributed by atoms with Crippen LogP contribution in [0.15, 0.2) is 83.2 Å². The predicted molar refractivity (Wildman–Crippen MR) is 101 cm³/mol. The molecule has 0 amide bonds. The minimum atomic E-state index is 0.488. The normalized spacial score (nSPS) is 11.1. The van der Waals surface area contributed by atoms with E-state index in [4.69, 9.17) is 4.98 Å². The van der Waals surface area contributed by atoms with Gasteiger partial charge in [-0.25, -0.2) is 4.98 Å². The van der Waals surface area contributed by atoms with Gasteiger partial charge in [0.2, 0.25) is 0 Å². The molecule has 0 atom stereocenters. The quantitative estimate of drug-likeness (QED) is 0.457. The fourth-order valence-corrected chi connectivity index (χ4v) is 2.74. The van der Waals surface area contributed by atoms with Crippen molar-refractivity contribution in [2.45, 2.75) is 6.92 Å². The van der Waals surface area contributed by atoms with Crippen molar-refractivity contribution >= 4 is 17.2 Å². The van der Waals surface area contributed by atoms with E-state index in [0.29, 0.717) is 17.1 Å². The Hall–Kier alpha value is -3.78. The molecule has 124 valence electrons. The summed E-state index contributed by atoms with van der Waals surface area (Å²) in [4.78, 5) is 4.71. The molecule has 0 saturated heterocycles. The van der Waals surface area contributed by atoms with E-state index in [2.05, 4.69) is 16.3 Å². The smallest absolute Gasteiger partial charge is 0.187 e. The number of rotatable bonds is 3. The number of azo groups is 1. The van der Waals surface area contributed by atoms with Crippen LogP contribution >= 0.6 is 0 Å². The second kappa shape index (κ2) is 6.61. The molecule has 4 aromatic rings. The second-order valence-corrected chi connectivity index (χ2v) is 5.91.